The number of halogens is 2. The lowest BCUT2D eigenvalue weighted by Gasteiger charge is -2.14. The van der Waals surface area contributed by atoms with Crippen molar-refractivity contribution in [1.82, 2.24) is 0 Å². The van der Waals surface area contributed by atoms with Gasteiger partial charge in [0.05, 0.1) is 16.7 Å². The van der Waals surface area contributed by atoms with E-state index >= 15 is 0 Å². The normalized spacial score (nSPS) is 12.2. The Morgan fingerprint density at radius 1 is 1.33 bits per heavy atom. The summed E-state index contributed by atoms with van der Waals surface area (Å²) in [6.45, 7) is 4.26. The van der Waals surface area contributed by atoms with Gasteiger partial charge in [0, 0.05) is 4.90 Å². The first-order valence-corrected chi connectivity index (χ1v) is 7.50. The quantitative estimate of drug-likeness (QED) is 0.557. The molecule has 0 aliphatic carbocycles. The molecule has 100 valence electrons. The topological polar surface area (TPSA) is 26.3 Å². The smallest absolute Gasteiger partial charge is 0.319 e. The van der Waals surface area contributed by atoms with Crippen molar-refractivity contribution in [3.8, 4) is 0 Å². The van der Waals surface area contributed by atoms with E-state index < -0.39 is 0 Å². The van der Waals surface area contributed by atoms with Crippen LogP contribution in [0.5, 0.6) is 0 Å². The lowest BCUT2D eigenvalue weighted by molar-refractivity contribution is -0.142. The summed E-state index contributed by atoms with van der Waals surface area (Å²) < 4.78 is 5.06. The molecule has 0 spiro atoms. The number of ether oxygens (including phenoxy) is 1. The van der Waals surface area contributed by atoms with E-state index in [2.05, 4.69) is 0 Å². The predicted octanol–water partition coefficient (Wildman–Crippen LogP) is 4.82. The maximum absolute atomic E-state index is 11.8. The van der Waals surface area contributed by atoms with Gasteiger partial charge < -0.3 is 4.74 Å². The third-order valence-corrected chi connectivity index (χ3v) is 4.25. The van der Waals surface area contributed by atoms with Crippen molar-refractivity contribution in [3.05, 3.63) is 28.2 Å². The second-order valence-corrected chi connectivity index (χ2v) is 5.81. The molecule has 1 aromatic rings. The van der Waals surface area contributed by atoms with Gasteiger partial charge in [0.25, 0.3) is 0 Å². The van der Waals surface area contributed by atoms with E-state index in [9.17, 15) is 4.79 Å². The highest BCUT2D eigenvalue weighted by Crippen LogP contribution is 2.32. The SMILES string of the molecule is CCCC(Sc1ccc(Cl)c(Cl)c1)C(=O)OCC. The van der Waals surface area contributed by atoms with Crippen LogP contribution in [0.4, 0.5) is 0 Å². The third kappa shape index (κ3) is 4.71. The summed E-state index contributed by atoms with van der Waals surface area (Å²) >= 11 is 13.3. The number of carbonyl (C=O) groups excluding carboxylic acids is 1. The molecule has 0 fully saturated rings. The summed E-state index contributed by atoms with van der Waals surface area (Å²) in [5, 5.41) is 0.831. The Hall–Kier alpha value is -0.380. The highest BCUT2D eigenvalue weighted by atomic mass is 35.5. The number of carbonyl (C=O) groups is 1. The van der Waals surface area contributed by atoms with Crippen LogP contribution in [0.1, 0.15) is 26.7 Å². The molecule has 1 aromatic carbocycles. The summed E-state index contributed by atoms with van der Waals surface area (Å²) in [5.74, 6) is -0.171. The molecule has 5 heteroatoms. The number of thioether (sulfide) groups is 1. The van der Waals surface area contributed by atoms with Gasteiger partial charge in [-0.2, -0.15) is 0 Å². The molecule has 0 aromatic heterocycles. The molecule has 0 saturated carbocycles. The summed E-state index contributed by atoms with van der Waals surface area (Å²) in [4.78, 5) is 12.7. The maximum atomic E-state index is 11.8. The van der Waals surface area contributed by atoms with E-state index in [1.165, 1.54) is 11.8 Å². The van der Waals surface area contributed by atoms with Crippen molar-refractivity contribution in [2.75, 3.05) is 6.61 Å². The van der Waals surface area contributed by atoms with Crippen LogP contribution in [0, 0.1) is 0 Å². The number of hydrogen-bond donors (Lipinski definition) is 0. The van der Waals surface area contributed by atoms with Gasteiger partial charge in [-0.3, -0.25) is 4.79 Å². The fraction of sp³-hybridized carbons (Fsp3) is 0.462. The standard InChI is InChI=1S/C13H16Cl2O2S/c1-3-5-12(13(16)17-4-2)18-9-6-7-10(14)11(15)8-9/h6-8,12H,3-5H2,1-2H3. The Labute approximate surface area is 122 Å². The van der Waals surface area contributed by atoms with Crippen molar-refractivity contribution < 1.29 is 9.53 Å². The Bertz CT molecular complexity index is 410. The molecular weight excluding hydrogens is 291 g/mol. The second kappa shape index (κ2) is 7.93. The molecule has 1 atom stereocenters. The van der Waals surface area contributed by atoms with Crippen LogP contribution >= 0.6 is 35.0 Å². The monoisotopic (exact) mass is 306 g/mol. The molecule has 1 unspecified atom stereocenters. The highest BCUT2D eigenvalue weighted by molar-refractivity contribution is 8.00. The summed E-state index contributed by atoms with van der Waals surface area (Å²) in [6, 6.07) is 5.37. The van der Waals surface area contributed by atoms with E-state index in [1.54, 1.807) is 12.1 Å². The molecule has 18 heavy (non-hydrogen) atoms. The van der Waals surface area contributed by atoms with Crippen molar-refractivity contribution in [3.63, 3.8) is 0 Å². The van der Waals surface area contributed by atoms with Crippen LogP contribution in [0.15, 0.2) is 23.1 Å². The highest BCUT2D eigenvalue weighted by Gasteiger charge is 2.20. The minimum absolute atomic E-state index is 0.171. The summed E-state index contributed by atoms with van der Waals surface area (Å²) in [7, 11) is 0. The molecule has 0 radical (unpaired) electrons. The van der Waals surface area contributed by atoms with Crippen molar-refractivity contribution in [2.45, 2.75) is 36.8 Å². The average Bonchev–Trinajstić information content (AvgIpc) is 2.33. The van der Waals surface area contributed by atoms with Crippen LogP contribution in [-0.2, 0) is 9.53 Å². The van der Waals surface area contributed by atoms with Gasteiger partial charge in [0.1, 0.15) is 5.25 Å². The predicted molar refractivity (Wildman–Crippen MR) is 77.6 cm³/mol. The average molecular weight is 307 g/mol. The molecule has 1 rings (SSSR count). The van der Waals surface area contributed by atoms with Crippen molar-refractivity contribution in [1.29, 1.82) is 0 Å². The molecule has 0 N–H and O–H groups in total. The lowest BCUT2D eigenvalue weighted by Crippen LogP contribution is -2.20. The van der Waals surface area contributed by atoms with Gasteiger partial charge in [0.15, 0.2) is 0 Å². The molecule has 0 aliphatic heterocycles. The molecule has 0 amide bonds. The molecular formula is C13H16Cl2O2S. The second-order valence-electron chi connectivity index (χ2n) is 3.72. The van der Waals surface area contributed by atoms with E-state index in [0.29, 0.717) is 16.7 Å². The zero-order chi connectivity index (χ0) is 13.5. The number of rotatable bonds is 6. The first-order valence-electron chi connectivity index (χ1n) is 5.86. The van der Waals surface area contributed by atoms with Crippen LogP contribution < -0.4 is 0 Å². The zero-order valence-electron chi connectivity index (χ0n) is 10.4. The van der Waals surface area contributed by atoms with Crippen LogP contribution in [0.2, 0.25) is 10.0 Å². The summed E-state index contributed by atoms with van der Waals surface area (Å²) in [6.07, 6.45) is 1.71. The molecule has 0 aliphatic rings. The number of benzene rings is 1. The fourth-order valence-corrected chi connectivity index (χ4v) is 2.98. The van der Waals surface area contributed by atoms with Crippen molar-refractivity contribution >= 4 is 40.9 Å². The van der Waals surface area contributed by atoms with Gasteiger partial charge in [-0.25, -0.2) is 0 Å². The van der Waals surface area contributed by atoms with Gasteiger partial charge in [-0.15, -0.1) is 11.8 Å². The largest absolute Gasteiger partial charge is 0.465 e. The van der Waals surface area contributed by atoms with Crippen LogP contribution in [-0.4, -0.2) is 17.8 Å². The fourth-order valence-electron chi connectivity index (χ4n) is 1.44. The Kier molecular flexibility index (Phi) is 6.90. The molecule has 0 saturated heterocycles. The minimum Gasteiger partial charge on any atom is -0.465 e. The van der Waals surface area contributed by atoms with Gasteiger partial charge in [-0.1, -0.05) is 36.5 Å². The number of esters is 1. The number of hydrogen-bond acceptors (Lipinski definition) is 3. The van der Waals surface area contributed by atoms with Crippen LogP contribution in [0.25, 0.3) is 0 Å². The minimum atomic E-state index is -0.188. The van der Waals surface area contributed by atoms with Gasteiger partial charge in [0.2, 0.25) is 0 Å². The Morgan fingerprint density at radius 2 is 2.06 bits per heavy atom. The van der Waals surface area contributed by atoms with E-state index in [1.807, 2.05) is 19.9 Å². The molecule has 2 nitrogen and oxygen atoms in total. The van der Waals surface area contributed by atoms with Gasteiger partial charge >= 0.3 is 5.97 Å². The zero-order valence-corrected chi connectivity index (χ0v) is 12.7. The third-order valence-electron chi connectivity index (χ3n) is 2.27. The van der Waals surface area contributed by atoms with Crippen molar-refractivity contribution in [2.24, 2.45) is 0 Å². The van der Waals surface area contributed by atoms with Crippen LogP contribution in [0.3, 0.4) is 0 Å². The van der Waals surface area contributed by atoms with E-state index in [0.717, 1.165) is 17.7 Å². The Morgan fingerprint density at radius 3 is 2.61 bits per heavy atom. The molecule has 0 heterocycles. The van der Waals surface area contributed by atoms with Gasteiger partial charge in [-0.05, 0) is 31.5 Å². The molecule has 0 bridgehead atoms. The Balaban J connectivity index is 2.76. The maximum Gasteiger partial charge on any atom is 0.319 e. The van der Waals surface area contributed by atoms with E-state index in [4.69, 9.17) is 27.9 Å². The lowest BCUT2D eigenvalue weighted by atomic mass is 10.2. The summed E-state index contributed by atoms with van der Waals surface area (Å²) in [5.41, 5.74) is 0. The first kappa shape index (κ1) is 15.7. The first-order chi connectivity index (χ1) is 8.58. The van der Waals surface area contributed by atoms with E-state index in [-0.39, 0.29) is 11.2 Å².